The molecule has 0 aliphatic carbocycles. The molecule has 9 heteroatoms. The molecular formula is C24H16N8O. The number of hydrogen-bond acceptors (Lipinski definition) is 7. The van der Waals surface area contributed by atoms with E-state index in [1.807, 2.05) is 91.0 Å². The van der Waals surface area contributed by atoms with Gasteiger partial charge >= 0.3 is 0 Å². The summed E-state index contributed by atoms with van der Waals surface area (Å²) in [6, 6.07) is 29.0. The fourth-order valence-electron chi connectivity index (χ4n) is 3.49. The molecule has 0 radical (unpaired) electrons. The van der Waals surface area contributed by atoms with Crippen molar-refractivity contribution in [2.75, 3.05) is 0 Å². The Bertz CT molecular complexity index is 1510. The van der Waals surface area contributed by atoms with Crippen LogP contribution in [0.1, 0.15) is 0 Å². The van der Waals surface area contributed by atoms with Gasteiger partial charge in [0, 0.05) is 16.7 Å². The lowest BCUT2D eigenvalue weighted by Crippen LogP contribution is -1.97. The molecule has 0 unspecified atom stereocenters. The summed E-state index contributed by atoms with van der Waals surface area (Å²) in [7, 11) is 0. The molecule has 0 spiro atoms. The molecule has 3 aromatic carbocycles. The maximum absolute atomic E-state index is 5.88. The predicted octanol–water partition coefficient (Wildman–Crippen LogP) is 4.43. The van der Waals surface area contributed by atoms with Gasteiger partial charge < -0.3 is 4.74 Å². The van der Waals surface area contributed by atoms with Gasteiger partial charge in [0.15, 0.2) is 11.5 Å². The van der Waals surface area contributed by atoms with E-state index in [2.05, 4.69) is 30.8 Å². The summed E-state index contributed by atoms with van der Waals surface area (Å²) in [6.45, 7) is 0. The molecule has 0 saturated carbocycles. The molecule has 3 heterocycles. The molecule has 1 N–H and O–H groups in total. The zero-order chi connectivity index (χ0) is 22.0. The van der Waals surface area contributed by atoms with Gasteiger partial charge in [0.1, 0.15) is 11.5 Å². The van der Waals surface area contributed by atoms with Crippen LogP contribution in [0.5, 0.6) is 11.5 Å². The molecule has 0 atom stereocenters. The molecule has 0 fully saturated rings. The zero-order valence-electron chi connectivity index (χ0n) is 17.2. The highest BCUT2D eigenvalue weighted by molar-refractivity contribution is 5.66. The highest BCUT2D eigenvalue weighted by Crippen LogP contribution is 2.26. The largest absolute Gasteiger partial charge is 0.457 e. The number of benzene rings is 3. The summed E-state index contributed by atoms with van der Waals surface area (Å²) in [5.41, 5.74) is 4.17. The molecule has 0 aliphatic heterocycles. The molecule has 6 aromatic rings. The Morgan fingerprint density at radius 3 is 2.12 bits per heavy atom. The Labute approximate surface area is 187 Å². The lowest BCUT2D eigenvalue weighted by atomic mass is 10.1. The molecule has 0 amide bonds. The topological polar surface area (TPSA) is 107 Å². The van der Waals surface area contributed by atoms with Crippen LogP contribution in [0.2, 0.25) is 0 Å². The Morgan fingerprint density at radius 1 is 0.636 bits per heavy atom. The summed E-state index contributed by atoms with van der Waals surface area (Å²) in [5, 5.41) is 27.4. The van der Waals surface area contributed by atoms with Gasteiger partial charge in [-0.1, -0.05) is 42.5 Å². The fraction of sp³-hybridized carbons (Fsp3) is 0. The Kier molecular flexibility index (Phi) is 4.54. The number of fused-ring (bicyclic) bond motifs is 1. The van der Waals surface area contributed by atoms with Gasteiger partial charge in [-0.3, -0.25) is 0 Å². The van der Waals surface area contributed by atoms with Gasteiger partial charge in [0.05, 0.1) is 5.69 Å². The summed E-state index contributed by atoms with van der Waals surface area (Å²) in [4.78, 5) is 0. The van der Waals surface area contributed by atoms with Crippen molar-refractivity contribution in [3.8, 4) is 45.5 Å². The molecule has 33 heavy (non-hydrogen) atoms. The number of rotatable bonds is 5. The molecule has 0 saturated heterocycles. The number of ether oxygens (including phenoxy) is 1. The zero-order valence-corrected chi connectivity index (χ0v) is 17.2. The number of nitrogens with one attached hydrogen (secondary N) is 1. The first-order chi connectivity index (χ1) is 16.3. The number of tetrazole rings is 1. The second-order valence-electron chi connectivity index (χ2n) is 7.26. The average Bonchev–Trinajstić information content (AvgIpc) is 3.56. The third kappa shape index (κ3) is 3.68. The molecule has 158 valence electrons. The molecule has 0 aliphatic rings. The van der Waals surface area contributed by atoms with Crippen molar-refractivity contribution in [1.29, 1.82) is 0 Å². The second-order valence-corrected chi connectivity index (χ2v) is 7.26. The Balaban J connectivity index is 1.30. The van der Waals surface area contributed by atoms with Crippen molar-refractivity contribution in [2.24, 2.45) is 0 Å². The average molecular weight is 432 g/mol. The lowest BCUT2D eigenvalue weighted by molar-refractivity contribution is 0.483. The normalized spacial score (nSPS) is 11.0. The highest BCUT2D eigenvalue weighted by atomic mass is 16.5. The fourth-order valence-corrected chi connectivity index (χ4v) is 3.49. The first-order valence-corrected chi connectivity index (χ1v) is 10.2. The summed E-state index contributed by atoms with van der Waals surface area (Å²) >= 11 is 0. The van der Waals surface area contributed by atoms with Crippen LogP contribution < -0.4 is 4.74 Å². The second kappa shape index (κ2) is 7.97. The van der Waals surface area contributed by atoms with Crippen molar-refractivity contribution in [3.63, 3.8) is 0 Å². The van der Waals surface area contributed by atoms with E-state index in [1.54, 1.807) is 4.52 Å². The number of aromatic nitrogens is 8. The number of nitrogens with zero attached hydrogens (tertiary/aromatic N) is 7. The minimum atomic E-state index is 0.535. The maximum atomic E-state index is 5.88. The predicted molar refractivity (Wildman–Crippen MR) is 121 cm³/mol. The van der Waals surface area contributed by atoms with Gasteiger partial charge in [0.2, 0.25) is 5.82 Å². The third-order valence-electron chi connectivity index (χ3n) is 5.14. The van der Waals surface area contributed by atoms with Gasteiger partial charge in [-0.05, 0) is 53.7 Å². The monoisotopic (exact) mass is 432 g/mol. The van der Waals surface area contributed by atoms with Crippen LogP contribution in [-0.2, 0) is 0 Å². The van der Waals surface area contributed by atoms with Gasteiger partial charge in [-0.2, -0.15) is 14.8 Å². The van der Waals surface area contributed by atoms with Crippen molar-refractivity contribution in [1.82, 2.24) is 40.4 Å². The molecule has 0 bridgehead atoms. The summed E-state index contributed by atoms with van der Waals surface area (Å²) < 4.78 is 7.62. The quantitative estimate of drug-likeness (QED) is 0.429. The summed E-state index contributed by atoms with van der Waals surface area (Å²) in [6.07, 6.45) is 0. The molecule has 3 aromatic heterocycles. The van der Waals surface area contributed by atoms with Crippen LogP contribution in [0.25, 0.3) is 39.7 Å². The van der Waals surface area contributed by atoms with Crippen LogP contribution in [0.4, 0.5) is 0 Å². The van der Waals surface area contributed by atoms with Crippen molar-refractivity contribution in [3.05, 3.63) is 91.0 Å². The Hall–Kier alpha value is -4.92. The van der Waals surface area contributed by atoms with Crippen LogP contribution >= 0.6 is 0 Å². The third-order valence-corrected chi connectivity index (χ3v) is 5.14. The van der Waals surface area contributed by atoms with E-state index in [0.29, 0.717) is 17.3 Å². The number of aromatic amines is 1. The van der Waals surface area contributed by atoms with Crippen molar-refractivity contribution in [2.45, 2.75) is 0 Å². The van der Waals surface area contributed by atoms with Crippen LogP contribution in [-0.4, -0.2) is 40.4 Å². The van der Waals surface area contributed by atoms with E-state index < -0.39 is 0 Å². The number of H-pyrrole nitrogens is 1. The van der Waals surface area contributed by atoms with Gasteiger partial charge in [0.25, 0.3) is 0 Å². The van der Waals surface area contributed by atoms with Crippen LogP contribution in [0, 0.1) is 0 Å². The van der Waals surface area contributed by atoms with E-state index in [-0.39, 0.29) is 0 Å². The SMILES string of the molecule is c1ccc(Oc2ccc(-c3ccc4nnc(-c5ccc(-c6nn[nH]n6)cc5)n4n3)cc2)cc1. The minimum absolute atomic E-state index is 0.535. The lowest BCUT2D eigenvalue weighted by Gasteiger charge is -2.07. The van der Waals surface area contributed by atoms with E-state index in [0.717, 1.165) is 33.9 Å². The van der Waals surface area contributed by atoms with Crippen molar-refractivity contribution < 1.29 is 4.74 Å². The highest BCUT2D eigenvalue weighted by Gasteiger charge is 2.12. The van der Waals surface area contributed by atoms with Crippen molar-refractivity contribution >= 4 is 5.65 Å². The molecule has 6 rings (SSSR count). The van der Waals surface area contributed by atoms with E-state index in [1.165, 1.54) is 0 Å². The Morgan fingerprint density at radius 2 is 1.36 bits per heavy atom. The van der Waals surface area contributed by atoms with Crippen LogP contribution in [0.15, 0.2) is 91.0 Å². The standard InChI is InChI=1S/C24H16N8O/c1-2-4-19(5-3-1)33-20-12-10-16(11-13-20)21-14-15-22-25-28-24(32(22)29-21)18-8-6-17(7-9-18)23-26-30-31-27-23/h1-15H,(H,26,27,30,31). The molecular weight excluding hydrogens is 416 g/mol. The minimum Gasteiger partial charge on any atom is -0.457 e. The van der Waals surface area contributed by atoms with E-state index in [9.17, 15) is 0 Å². The van der Waals surface area contributed by atoms with Gasteiger partial charge in [-0.15, -0.1) is 20.4 Å². The number of para-hydroxylation sites is 1. The first-order valence-electron chi connectivity index (χ1n) is 10.2. The molecule has 9 nitrogen and oxygen atoms in total. The first kappa shape index (κ1) is 18.8. The maximum Gasteiger partial charge on any atom is 0.204 e. The van der Waals surface area contributed by atoms with E-state index >= 15 is 0 Å². The smallest absolute Gasteiger partial charge is 0.204 e. The summed E-state index contributed by atoms with van der Waals surface area (Å²) in [5.74, 6) is 2.74. The van der Waals surface area contributed by atoms with Crippen LogP contribution in [0.3, 0.4) is 0 Å². The van der Waals surface area contributed by atoms with E-state index in [4.69, 9.17) is 9.84 Å². The number of hydrogen-bond donors (Lipinski definition) is 1. The van der Waals surface area contributed by atoms with Gasteiger partial charge in [-0.25, -0.2) is 0 Å².